The van der Waals surface area contributed by atoms with Gasteiger partial charge in [-0.15, -0.1) is 0 Å². The van der Waals surface area contributed by atoms with E-state index in [1.165, 1.54) is 17.7 Å². The first-order valence-electron chi connectivity index (χ1n) is 6.40. The molecule has 1 unspecified atom stereocenters. The molecule has 0 saturated carbocycles. The van der Waals surface area contributed by atoms with E-state index < -0.39 is 11.6 Å². The Morgan fingerprint density at radius 1 is 1.26 bits per heavy atom. The number of hydrogen-bond donors (Lipinski definition) is 1. The smallest absolute Gasteiger partial charge is 0.130 e. The van der Waals surface area contributed by atoms with Gasteiger partial charge < -0.3 is 5.32 Å². The van der Waals surface area contributed by atoms with Crippen LogP contribution in [0.15, 0.2) is 35.0 Å². The second-order valence-corrected chi connectivity index (χ2v) is 5.23. The van der Waals surface area contributed by atoms with E-state index in [0.717, 1.165) is 25.5 Å². The van der Waals surface area contributed by atoms with Crippen molar-refractivity contribution < 1.29 is 8.78 Å². The Balaban J connectivity index is 2.10. The molecule has 4 heteroatoms. The van der Waals surface area contributed by atoms with Crippen LogP contribution in [0.4, 0.5) is 8.78 Å². The number of aryl methyl sites for hydroxylation is 1. The maximum atomic E-state index is 13.8. The molecule has 0 aliphatic rings. The van der Waals surface area contributed by atoms with E-state index in [2.05, 4.69) is 16.8 Å². The van der Waals surface area contributed by atoms with Crippen molar-refractivity contribution in [2.75, 3.05) is 6.54 Å². The minimum Gasteiger partial charge on any atom is -0.310 e. The molecule has 0 spiro atoms. The van der Waals surface area contributed by atoms with E-state index in [1.54, 1.807) is 11.3 Å². The van der Waals surface area contributed by atoms with Crippen molar-refractivity contribution in [3.63, 3.8) is 0 Å². The Labute approximate surface area is 116 Å². The van der Waals surface area contributed by atoms with E-state index in [9.17, 15) is 8.78 Å². The highest BCUT2D eigenvalue weighted by Gasteiger charge is 2.15. The first kappa shape index (κ1) is 14.2. The molecule has 1 aromatic heterocycles. The van der Waals surface area contributed by atoms with Crippen LogP contribution in [0.25, 0.3) is 0 Å². The number of benzene rings is 1. The Morgan fingerprint density at radius 3 is 2.74 bits per heavy atom. The summed E-state index contributed by atoms with van der Waals surface area (Å²) in [5, 5.41) is 7.40. The third-order valence-corrected chi connectivity index (χ3v) is 3.82. The molecule has 102 valence electrons. The highest BCUT2D eigenvalue weighted by Crippen LogP contribution is 2.23. The van der Waals surface area contributed by atoms with Crippen molar-refractivity contribution in [1.82, 2.24) is 5.32 Å². The van der Waals surface area contributed by atoms with E-state index in [1.807, 2.05) is 12.3 Å². The van der Waals surface area contributed by atoms with Gasteiger partial charge >= 0.3 is 0 Å². The Kier molecular flexibility index (Phi) is 5.05. The van der Waals surface area contributed by atoms with Gasteiger partial charge in [0, 0.05) is 17.7 Å². The lowest BCUT2D eigenvalue weighted by Crippen LogP contribution is -2.22. The summed E-state index contributed by atoms with van der Waals surface area (Å²) < 4.78 is 26.8. The zero-order valence-electron chi connectivity index (χ0n) is 10.8. The average Bonchev–Trinajstić information content (AvgIpc) is 2.88. The van der Waals surface area contributed by atoms with Gasteiger partial charge in [0.1, 0.15) is 11.6 Å². The lowest BCUT2D eigenvalue weighted by Gasteiger charge is -2.18. The van der Waals surface area contributed by atoms with Gasteiger partial charge in [0.15, 0.2) is 0 Å². The van der Waals surface area contributed by atoms with Gasteiger partial charge in [-0.05, 0) is 47.8 Å². The summed E-state index contributed by atoms with van der Waals surface area (Å²) in [7, 11) is 0. The van der Waals surface area contributed by atoms with Crippen molar-refractivity contribution in [2.45, 2.75) is 25.8 Å². The maximum Gasteiger partial charge on any atom is 0.130 e. The first-order chi connectivity index (χ1) is 9.20. The summed E-state index contributed by atoms with van der Waals surface area (Å²) >= 11 is 1.66. The standard InChI is InChI=1S/C15H17F2NS/c1-2-18-15(6-3-11-7-8-19-10-11)13-5-4-12(16)9-14(13)17/h4-5,7-10,15,18H,2-3,6H2,1H3. The lowest BCUT2D eigenvalue weighted by atomic mass is 9.99. The van der Waals surface area contributed by atoms with E-state index in [0.29, 0.717) is 5.56 Å². The summed E-state index contributed by atoms with van der Waals surface area (Å²) in [5.74, 6) is -1.01. The van der Waals surface area contributed by atoms with E-state index in [4.69, 9.17) is 0 Å². The molecule has 0 saturated heterocycles. The first-order valence-corrected chi connectivity index (χ1v) is 7.34. The summed E-state index contributed by atoms with van der Waals surface area (Å²) in [6.07, 6.45) is 1.69. The number of nitrogens with one attached hydrogen (secondary N) is 1. The minimum atomic E-state index is -0.533. The van der Waals surface area contributed by atoms with Crippen molar-refractivity contribution in [3.05, 3.63) is 57.8 Å². The van der Waals surface area contributed by atoms with Crippen LogP contribution in [-0.4, -0.2) is 6.54 Å². The van der Waals surface area contributed by atoms with E-state index >= 15 is 0 Å². The highest BCUT2D eigenvalue weighted by atomic mass is 32.1. The van der Waals surface area contributed by atoms with Crippen molar-refractivity contribution >= 4 is 11.3 Å². The molecule has 0 bridgehead atoms. The minimum absolute atomic E-state index is 0.0782. The number of thiophene rings is 1. The summed E-state index contributed by atoms with van der Waals surface area (Å²) in [5.41, 5.74) is 1.80. The number of halogens is 2. The van der Waals surface area contributed by atoms with Gasteiger partial charge in [-0.2, -0.15) is 11.3 Å². The highest BCUT2D eigenvalue weighted by molar-refractivity contribution is 7.07. The quantitative estimate of drug-likeness (QED) is 0.832. The fourth-order valence-electron chi connectivity index (χ4n) is 2.14. The molecule has 1 N–H and O–H groups in total. The largest absolute Gasteiger partial charge is 0.310 e. The van der Waals surface area contributed by atoms with Crippen LogP contribution in [0.3, 0.4) is 0 Å². The normalized spacial score (nSPS) is 12.6. The predicted molar refractivity (Wildman–Crippen MR) is 75.4 cm³/mol. The molecular formula is C15H17F2NS. The van der Waals surface area contributed by atoms with Crippen molar-refractivity contribution in [2.24, 2.45) is 0 Å². The number of hydrogen-bond acceptors (Lipinski definition) is 2. The van der Waals surface area contributed by atoms with Crippen LogP contribution in [0.5, 0.6) is 0 Å². The maximum absolute atomic E-state index is 13.8. The molecule has 1 aromatic carbocycles. The van der Waals surface area contributed by atoms with Gasteiger partial charge in [0.25, 0.3) is 0 Å². The molecule has 0 radical (unpaired) electrons. The molecule has 2 rings (SSSR count). The SMILES string of the molecule is CCNC(CCc1ccsc1)c1ccc(F)cc1F. The zero-order chi connectivity index (χ0) is 13.7. The average molecular weight is 281 g/mol. The second-order valence-electron chi connectivity index (χ2n) is 4.45. The van der Waals surface area contributed by atoms with Crippen LogP contribution >= 0.6 is 11.3 Å². The molecule has 19 heavy (non-hydrogen) atoms. The van der Waals surface area contributed by atoms with Crippen LogP contribution < -0.4 is 5.32 Å². The number of rotatable bonds is 6. The summed E-state index contributed by atoms with van der Waals surface area (Å²) in [4.78, 5) is 0. The van der Waals surface area contributed by atoms with Gasteiger partial charge in [0.05, 0.1) is 0 Å². The fourth-order valence-corrected chi connectivity index (χ4v) is 2.85. The molecule has 1 heterocycles. The monoisotopic (exact) mass is 281 g/mol. The van der Waals surface area contributed by atoms with Gasteiger partial charge in [-0.3, -0.25) is 0 Å². The molecule has 0 aliphatic heterocycles. The predicted octanol–water partition coefficient (Wildman–Crippen LogP) is 4.31. The molecule has 0 amide bonds. The molecule has 1 atom stereocenters. The Morgan fingerprint density at radius 2 is 2.11 bits per heavy atom. The molecule has 0 fully saturated rings. The third kappa shape index (κ3) is 3.85. The fraction of sp³-hybridized carbons (Fsp3) is 0.333. The zero-order valence-corrected chi connectivity index (χ0v) is 11.6. The molecule has 2 aromatic rings. The van der Waals surface area contributed by atoms with Gasteiger partial charge in [-0.25, -0.2) is 8.78 Å². The summed E-state index contributed by atoms with van der Waals surface area (Å²) in [6.45, 7) is 2.74. The van der Waals surface area contributed by atoms with Crippen LogP contribution in [0.1, 0.15) is 30.5 Å². The third-order valence-electron chi connectivity index (χ3n) is 3.09. The van der Waals surface area contributed by atoms with Crippen LogP contribution in [-0.2, 0) is 6.42 Å². The molecular weight excluding hydrogens is 264 g/mol. The summed E-state index contributed by atoms with van der Waals surface area (Å²) in [6, 6.07) is 5.79. The second kappa shape index (κ2) is 6.78. The van der Waals surface area contributed by atoms with E-state index in [-0.39, 0.29) is 6.04 Å². The molecule has 1 nitrogen and oxygen atoms in total. The van der Waals surface area contributed by atoms with Crippen molar-refractivity contribution in [1.29, 1.82) is 0 Å². The van der Waals surface area contributed by atoms with Crippen LogP contribution in [0.2, 0.25) is 0 Å². The topological polar surface area (TPSA) is 12.0 Å². The molecule has 0 aliphatic carbocycles. The van der Waals surface area contributed by atoms with Gasteiger partial charge in [0.2, 0.25) is 0 Å². The van der Waals surface area contributed by atoms with Gasteiger partial charge in [-0.1, -0.05) is 13.0 Å². The lowest BCUT2D eigenvalue weighted by molar-refractivity contribution is 0.480. The van der Waals surface area contributed by atoms with Crippen molar-refractivity contribution in [3.8, 4) is 0 Å². The van der Waals surface area contributed by atoms with Crippen LogP contribution in [0, 0.1) is 11.6 Å². The Bertz CT molecular complexity index is 511. The Hall–Kier alpha value is -1.26.